The van der Waals surface area contributed by atoms with Crippen LogP contribution in [0.15, 0.2) is 41.8 Å². The van der Waals surface area contributed by atoms with E-state index in [0.29, 0.717) is 42.2 Å². The van der Waals surface area contributed by atoms with Gasteiger partial charge in [-0.1, -0.05) is 24.3 Å². The van der Waals surface area contributed by atoms with Crippen molar-refractivity contribution in [1.29, 1.82) is 0 Å². The molecule has 0 saturated heterocycles. The minimum atomic E-state index is -0.470. The lowest BCUT2D eigenvalue weighted by atomic mass is 10.1. The Bertz CT molecular complexity index is 1060. The van der Waals surface area contributed by atoms with Crippen LogP contribution in [0, 0.1) is 13.8 Å². The molecule has 0 saturated carbocycles. The fourth-order valence-electron chi connectivity index (χ4n) is 3.55. The zero-order valence-corrected chi connectivity index (χ0v) is 19.6. The van der Waals surface area contributed by atoms with Crippen LogP contribution in [0.1, 0.15) is 42.5 Å². The number of aromatic nitrogens is 1. The number of hydrogen-bond acceptors (Lipinski definition) is 6. The van der Waals surface area contributed by atoms with Crippen LogP contribution in [0.4, 0.5) is 0 Å². The van der Waals surface area contributed by atoms with Crippen LogP contribution in [-0.4, -0.2) is 49.2 Å². The summed E-state index contributed by atoms with van der Waals surface area (Å²) in [5.74, 6) is 0.0565. The molecule has 0 spiro atoms. The molecule has 0 unspecified atom stereocenters. The third kappa shape index (κ3) is 5.38. The summed E-state index contributed by atoms with van der Waals surface area (Å²) in [6.45, 7) is 4.80. The van der Waals surface area contributed by atoms with Crippen molar-refractivity contribution in [2.75, 3.05) is 27.4 Å². The van der Waals surface area contributed by atoms with Crippen molar-refractivity contribution in [2.24, 2.45) is 0 Å². The Morgan fingerprint density at radius 3 is 2.50 bits per heavy atom. The first kappa shape index (κ1) is 23.6. The van der Waals surface area contributed by atoms with Gasteiger partial charge in [0.2, 0.25) is 0 Å². The highest BCUT2D eigenvalue weighted by Crippen LogP contribution is 2.25. The largest absolute Gasteiger partial charge is 0.496 e. The summed E-state index contributed by atoms with van der Waals surface area (Å²) in [7, 11) is 3.16. The van der Waals surface area contributed by atoms with Gasteiger partial charge in [-0.15, -0.1) is 11.3 Å². The number of para-hydroxylation sites is 1. The van der Waals surface area contributed by atoms with Crippen LogP contribution in [0.3, 0.4) is 0 Å². The van der Waals surface area contributed by atoms with Gasteiger partial charge < -0.3 is 24.1 Å². The van der Waals surface area contributed by atoms with E-state index in [4.69, 9.17) is 14.2 Å². The number of carbonyl (C=O) groups excluding carboxylic acids is 2. The molecule has 0 radical (unpaired) electrons. The zero-order valence-electron chi connectivity index (χ0n) is 18.8. The van der Waals surface area contributed by atoms with Crippen molar-refractivity contribution < 1.29 is 23.8 Å². The number of hydrogen-bond donors (Lipinski definition) is 1. The molecule has 1 aromatic carbocycles. The third-order valence-corrected chi connectivity index (χ3v) is 6.00. The van der Waals surface area contributed by atoms with Crippen LogP contribution in [0.5, 0.6) is 5.75 Å². The Kier molecular flexibility index (Phi) is 8.08. The first-order valence-electron chi connectivity index (χ1n) is 10.2. The molecule has 2 aromatic heterocycles. The fourth-order valence-corrected chi connectivity index (χ4v) is 4.27. The Morgan fingerprint density at radius 2 is 1.81 bits per heavy atom. The maximum Gasteiger partial charge on any atom is 0.340 e. The van der Waals surface area contributed by atoms with Gasteiger partial charge in [0.15, 0.2) is 0 Å². The monoisotopic (exact) mass is 456 g/mol. The molecular formula is C24H28N2O5S. The van der Waals surface area contributed by atoms with Gasteiger partial charge in [-0.3, -0.25) is 4.79 Å². The van der Waals surface area contributed by atoms with Crippen molar-refractivity contribution >= 4 is 23.2 Å². The number of esters is 1. The van der Waals surface area contributed by atoms with Gasteiger partial charge in [0.1, 0.15) is 18.1 Å². The second kappa shape index (κ2) is 11.0. The maximum atomic E-state index is 13.6. The molecule has 0 bridgehead atoms. The standard InChI is InChI=1S/C24H28N2O5S/c1-16-21(24(28)31-12-11-29-3)17(2)25-22(16)23(27)26(15-19-9-7-13-32-19)14-18-8-5-6-10-20(18)30-4/h5-10,13,25H,11-12,14-15H2,1-4H3. The number of aryl methyl sites for hydroxylation is 1. The summed E-state index contributed by atoms with van der Waals surface area (Å²) >= 11 is 1.59. The predicted octanol–water partition coefficient (Wildman–Crippen LogP) is 4.35. The molecule has 0 aliphatic heterocycles. The highest BCUT2D eigenvalue weighted by molar-refractivity contribution is 7.09. The minimum absolute atomic E-state index is 0.154. The molecular weight excluding hydrogens is 428 g/mol. The number of thiophene rings is 1. The van der Waals surface area contributed by atoms with Crippen molar-refractivity contribution in [3.05, 3.63) is 74.7 Å². The Balaban J connectivity index is 1.90. The van der Waals surface area contributed by atoms with Crippen LogP contribution in [0.25, 0.3) is 0 Å². The van der Waals surface area contributed by atoms with E-state index >= 15 is 0 Å². The second-order valence-electron chi connectivity index (χ2n) is 7.31. The van der Waals surface area contributed by atoms with Gasteiger partial charge in [-0.25, -0.2) is 4.79 Å². The summed E-state index contributed by atoms with van der Waals surface area (Å²) in [6, 6.07) is 11.6. The molecule has 0 aliphatic rings. The highest BCUT2D eigenvalue weighted by atomic mass is 32.1. The number of methoxy groups -OCH3 is 2. The van der Waals surface area contributed by atoms with Crippen LogP contribution < -0.4 is 4.74 Å². The number of amides is 1. The number of aromatic amines is 1. The molecule has 0 fully saturated rings. The lowest BCUT2D eigenvalue weighted by molar-refractivity contribution is 0.0387. The fraction of sp³-hybridized carbons (Fsp3) is 0.333. The number of rotatable bonds is 10. The Hall–Kier alpha value is -3.10. The van der Waals surface area contributed by atoms with E-state index in [2.05, 4.69) is 4.98 Å². The van der Waals surface area contributed by atoms with Crippen LogP contribution >= 0.6 is 11.3 Å². The Labute approximate surface area is 191 Å². The highest BCUT2D eigenvalue weighted by Gasteiger charge is 2.27. The van der Waals surface area contributed by atoms with Gasteiger partial charge in [-0.2, -0.15) is 0 Å². The van der Waals surface area contributed by atoms with E-state index in [0.717, 1.165) is 16.2 Å². The van der Waals surface area contributed by atoms with Gasteiger partial charge in [0.05, 0.1) is 32.4 Å². The van der Waals surface area contributed by atoms with E-state index in [9.17, 15) is 9.59 Å². The SMILES string of the molecule is COCCOC(=O)c1c(C)[nH]c(C(=O)N(Cc2cccs2)Cc2ccccc2OC)c1C. The van der Waals surface area contributed by atoms with Crippen LogP contribution in [0.2, 0.25) is 0 Å². The molecule has 1 N–H and O–H groups in total. The lowest BCUT2D eigenvalue weighted by Crippen LogP contribution is -2.31. The molecule has 1 amide bonds. The number of nitrogens with one attached hydrogen (secondary N) is 1. The summed E-state index contributed by atoms with van der Waals surface area (Å²) in [5, 5.41) is 1.99. The number of ether oxygens (including phenoxy) is 3. The summed E-state index contributed by atoms with van der Waals surface area (Å²) in [4.78, 5) is 32.1. The van der Waals surface area contributed by atoms with Crippen molar-refractivity contribution in [1.82, 2.24) is 9.88 Å². The molecule has 32 heavy (non-hydrogen) atoms. The average molecular weight is 457 g/mol. The van der Waals surface area contributed by atoms with Gasteiger partial charge in [-0.05, 0) is 36.9 Å². The summed E-state index contributed by atoms with van der Waals surface area (Å²) in [5.41, 5.74) is 2.85. The number of carbonyl (C=O) groups is 2. The normalized spacial score (nSPS) is 10.8. The molecule has 8 heteroatoms. The molecule has 0 atom stereocenters. The molecule has 170 valence electrons. The molecule has 2 heterocycles. The molecule has 7 nitrogen and oxygen atoms in total. The molecule has 0 aliphatic carbocycles. The maximum absolute atomic E-state index is 13.6. The minimum Gasteiger partial charge on any atom is -0.496 e. The quantitative estimate of drug-likeness (QED) is 0.362. The second-order valence-corrected chi connectivity index (χ2v) is 8.34. The van der Waals surface area contributed by atoms with E-state index in [1.54, 1.807) is 44.3 Å². The summed E-state index contributed by atoms with van der Waals surface area (Å²) < 4.78 is 15.7. The van der Waals surface area contributed by atoms with Crippen molar-refractivity contribution in [3.8, 4) is 5.75 Å². The number of H-pyrrole nitrogens is 1. The smallest absolute Gasteiger partial charge is 0.340 e. The van der Waals surface area contributed by atoms with E-state index in [1.807, 2.05) is 41.8 Å². The zero-order chi connectivity index (χ0) is 23.1. The van der Waals surface area contributed by atoms with Gasteiger partial charge in [0.25, 0.3) is 5.91 Å². The van der Waals surface area contributed by atoms with Crippen LogP contribution in [-0.2, 0) is 22.6 Å². The number of nitrogens with zero attached hydrogens (tertiary/aromatic N) is 1. The lowest BCUT2D eigenvalue weighted by Gasteiger charge is -2.23. The van der Waals surface area contributed by atoms with E-state index in [-0.39, 0.29) is 12.5 Å². The first-order chi connectivity index (χ1) is 15.5. The van der Waals surface area contributed by atoms with Gasteiger partial charge in [0, 0.05) is 23.2 Å². The topological polar surface area (TPSA) is 80.9 Å². The Morgan fingerprint density at radius 1 is 1.03 bits per heavy atom. The first-order valence-corrected chi connectivity index (χ1v) is 11.1. The van der Waals surface area contributed by atoms with Gasteiger partial charge >= 0.3 is 5.97 Å². The van der Waals surface area contributed by atoms with E-state index in [1.165, 1.54) is 0 Å². The molecule has 3 aromatic rings. The predicted molar refractivity (Wildman–Crippen MR) is 123 cm³/mol. The summed E-state index contributed by atoms with van der Waals surface area (Å²) in [6.07, 6.45) is 0. The van der Waals surface area contributed by atoms with E-state index < -0.39 is 5.97 Å². The molecule has 3 rings (SSSR count). The third-order valence-electron chi connectivity index (χ3n) is 5.14. The van der Waals surface area contributed by atoms with Crippen molar-refractivity contribution in [2.45, 2.75) is 26.9 Å². The average Bonchev–Trinajstić information content (AvgIpc) is 3.40. The number of benzene rings is 1. The van der Waals surface area contributed by atoms with Crippen molar-refractivity contribution in [3.63, 3.8) is 0 Å².